The normalized spacial score (nSPS) is 29.0. The van der Waals surface area contributed by atoms with Gasteiger partial charge in [-0.15, -0.1) is 0 Å². The summed E-state index contributed by atoms with van der Waals surface area (Å²) < 4.78 is 46.2. The largest absolute Gasteiger partial charge is 0.458 e. The van der Waals surface area contributed by atoms with Crippen molar-refractivity contribution in [2.24, 2.45) is 0 Å². The summed E-state index contributed by atoms with van der Waals surface area (Å²) in [6.07, 6.45) is -2.44. The maximum atomic E-state index is 12.9. The van der Waals surface area contributed by atoms with Crippen molar-refractivity contribution in [3.8, 4) is 0 Å². The van der Waals surface area contributed by atoms with E-state index < -0.39 is 45.2 Å². The molecule has 144 valence electrons. The molecule has 0 N–H and O–H groups in total. The van der Waals surface area contributed by atoms with Gasteiger partial charge in [0.25, 0.3) is 0 Å². The monoisotopic (exact) mass is 379 g/mol. The van der Waals surface area contributed by atoms with Crippen molar-refractivity contribution < 1.29 is 36.4 Å². The van der Waals surface area contributed by atoms with Gasteiger partial charge in [0.2, 0.25) is 0 Å². The summed E-state index contributed by atoms with van der Waals surface area (Å²) in [5, 5.41) is 0. The maximum absolute atomic E-state index is 12.9. The van der Waals surface area contributed by atoms with Gasteiger partial charge in [-0.2, -0.15) is 12.7 Å². The van der Waals surface area contributed by atoms with Gasteiger partial charge in [0.15, 0.2) is 5.54 Å². The van der Waals surface area contributed by atoms with E-state index in [-0.39, 0.29) is 19.6 Å². The first-order chi connectivity index (χ1) is 11.2. The standard InChI is InChI=1S/C15H25NO8S/c1-13(2,3)22-11(17)15-7-8-21-9-10(15)24-25(19,20)16(15)12(18)23-14(4,5)6/h10H,7-9H2,1-6H3. The van der Waals surface area contributed by atoms with E-state index in [0.29, 0.717) is 4.31 Å². The Morgan fingerprint density at radius 2 is 1.64 bits per heavy atom. The van der Waals surface area contributed by atoms with E-state index in [0.717, 1.165) is 0 Å². The van der Waals surface area contributed by atoms with Crippen molar-refractivity contribution in [1.29, 1.82) is 0 Å². The van der Waals surface area contributed by atoms with E-state index in [9.17, 15) is 18.0 Å². The van der Waals surface area contributed by atoms with Gasteiger partial charge in [0, 0.05) is 13.0 Å². The first-order valence-corrected chi connectivity index (χ1v) is 9.33. The molecule has 2 atom stereocenters. The quantitative estimate of drug-likeness (QED) is 0.629. The van der Waals surface area contributed by atoms with Gasteiger partial charge in [-0.05, 0) is 41.5 Å². The Kier molecular flexibility index (Phi) is 4.86. The molecule has 25 heavy (non-hydrogen) atoms. The number of rotatable bonds is 1. The van der Waals surface area contributed by atoms with Crippen LogP contribution in [0.3, 0.4) is 0 Å². The molecule has 2 heterocycles. The predicted octanol–water partition coefficient (Wildman–Crippen LogP) is 1.37. The Balaban J connectivity index is 2.51. The molecule has 2 aliphatic rings. The van der Waals surface area contributed by atoms with Crippen LogP contribution in [-0.2, 0) is 33.5 Å². The van der Waals surface area contributed by atoms with Gasteiger partial charge in [-0.25, -0.2) is 13.8 Å². The maximum Gasteiger partial charge on any atom is 0.427 e. The number of carbonyl (C=O) groups is 2. The van der Waals surface area contributed by atoms with Gasteiger partial charge < -0.3 is 14.2 Å². The van der Waals surface area contributed by atoms with Crippen LogP contribution in [0.2, 0.25) is 0 Å². The third-order valence-corrected chi connectivity index (χ3v) is 4.96. The number of hydrogen-bond acceptors (Lipinski definition) is 8. The molecular weight excluding hydrogens is 354 g/mol. The second kappa shape index (κ2) is 6.10. The lowest BCUT2D eigenvalue weighted by atomic mass is 9.87. The molecule has 2 fully saturated rings. The summed E-state index contributed by atoms with van der Waals surface area (Å²) in [5.74, 6) is -0.861. The summed E-state index contributed by atoms with van der Waals surface area (Å²) in [4.78, 5) is 25.5. The van der Waals surface area contributed by atoms with Gasteiger partial charge in [0.1, 0.15) is 17.3 Å². The van der Waals surface area contributed by atoms with Gasteiger partial charge in [-0.3, -0.25) is 0 Å². The van der Waals surface area contributed by atoms with Crippen LogP contribution in [0.5, 0.6) is 0 Å². The fraction of sp³-hybridized carbons (Fsp3) is 0.867. The van der Waals surface area contributed by atoms with Crippen molar-refractivity contribution in [1.82, 2.24) is 4.31 Å². The summed E-state index contributed by atoms with van der Waals surface area (Å²) >= 11 is 0. The van der Waals surface area contributed by atoms with Crippen molar-refractivity contribution in [2.75, 3.05) is 13.2 Å². The third kappa shape index (κ3) is 3.90. The molecule has 0 saturated carbocycles. The molecule has 0 spiro atoms. The van der Waals surface area contributed by atoms with Gasteiger partial charge in [-0.1, -0.05) is 0 Å². The van der Waals surface area contributed by atoms with E-state index in [1.807, 2.05) is 0 Å². The zero-order valence-corrected chi connectivity index (χ0v) is 16.1. The van der Waals surface area contributed by atoms with Crippen LogP contribution in [-0.4, -0.2) is 60.8 Å². The SMILES string of the molecule is CC(C)(C)OC(=O)N1C2(C(=O)OC(C)(C)C)CCOCC2OS1(=O)=O. The summed E-state index contributed by atoms with van der Waals surface area (Å²) in [5.41, 5.74) is -3.67. The first kappa shape index (κ1) is 19.9. The van der Waals surface area contributed by atoms with E-state index in [1.54, 1.807) is 41.5 Å². The Morgan fingerprint density at radius 3 is 2.16 bits per heavy atom. The van der Waals surface area contributed by atoms with E-state index >= 15 is 0 Å². The van der Waals surface area contributed by atoms with Crippen LogP contribution in [0, 0.1) is 0 Å². The van der Waals surface area contributed by atoms with E-state index in [1.165, 1.54) is 0 Å². The fourth-order valence-electron chi connectivity index (χ4n) is 2.69. The molecule has 0 aliphatic carbocycles. The molecule has 0 aromatic carbocycles. The minimum Gasteiger partial charge on any atom is -0.458 e. The molecule has 0 aromatic heterocycles. The number of hydrogen-bond donors (Lipinski definition) is 0. The fourth-order valence-corrected chi connectivity index (χ4v) is 4.18. The van der Waals surface area contributed by atoms with Crippen LogP contribution < -0.4 is 0 Å². The van der Waals surface area contributed by atoms with E-state index in [2.05, 4.69) is 0 Å². The summed E-state index contributed by atoms with van der Waals surface area (Å²) in [7, 11) is -4.52. The number of amides is 1. The van der Waals surface area contributed by atoms with E-state index in [4.69, 9.17) is 18.4 Å². The lowest BCUT2D eigenvalue weighted by Crippen LogP contribution is -2.64. The number of esters is 1. The number of ether oxygens (including phenoxy) is 3. The molecule has 1 amide bonds. The molecule has 0 bridgehead atoms. The van der Waals surface area contributed by atoms with Gasteiger partial charge in [0.05, 0.1) is 6.61 Å². The highest BCUT2D eigenvalue weighted by atomic mass is 32.2. The minimum atomic E-state index is -4.52. The number of nitrogens with zero attached hydrogens (tertiary/aromatic N) is 1. The second-order valence-electron chi connectivity index (χ2n) is 8.04. The van der Waals surface area contributed by atoms with Crippen LogP contribution in [0.25, 0.3) is 0 Å². The lowest BCUT2D eigenvalue weighted by Gasteiger charge is -2.40. The Bertz CT molecular complexity index is 660. The smallest absolute Gasteiger partial charge is 0.427 e. The number of fused-ring (bicyclic) bond motifs is 1. The molecule has 0 radical (unpaired) electrons. The van der Waals surface area contributed by atoms with Crippen molar-refractivity contribution >= 4 is 22.4 Å². The van der Waals surface area contributed by atoms with Crippen LogP contribution >= 0.6 is 0 Å². The topological polar surface area (TPSA) is 108 Å². The first-order valence-electron chi connectivity index (χ1n) is 7.97. The molecule has 2 aliphatic heterocycles. The molecule has 0 aromatic rings. The van der Waals surface area contributed by atoms with Crippen LogP contribution in [0.4, 0.5) is 4.79 Å². The molecule has 2 unspecified atom stereocenters. The highest BCUT2D eigenvalue weighted by molar-refractivity contribution is 7.85. The van der Waals surface area contributed by atoms with Crippen LogP contribution in [0.1, 0.15) is 48.0 Å². The van der Waals surface area contributed by atoms with Gasteiger partial charge >= 0.3 is 22.4 Å². The number of carbonyl (C=O) groups excluding carboxylic acids is 2. The molecule has 2 rings (SSSR count). The molecule has 9 nitrogen and oxygen atoms in total. The predicted molar refractivity (Wildman–Crippen MR) is 85.9 cm³/mol. The Labute approximate surface area is 147 Å². The molecule has 10 heteroatoms. The average molecular weight is 379 g/mol. The summed E-state index contributed by atoms with van der Waals surface area (Å²) in [6, 6.07) is 0. The zero-order valence-electron chi connectivity index (χ0n) is 15.3. The average Bonchev–Trinajstić information content (AvgIpc) is 2.61. The van der Waals surface area contributed by atoms with Crippen molar-refractivity contribution in [3.63, 3.8) is 0 Å². The minimum absolute atomic E-state index is 0.0773. The third-order valence-electron chi connectivity index (χ3n) is 3.56. The lowest BCUT2D eigenvalue weighted by molar-refractivity contribution is -0.176. The Hall–Kier alpha value is -1.39. The summed E-state index contributed by atoms with van der Waals surface area (Å²) in [6.45, 7) is 9.65. The molecule has 2 saturated heterocycles. The highest BCUT2D eigenvalue weighted by Gasteiger charge is 2.68. The second-order valence-corrected chi connectivity index (χ2v) is 9.45. The van der Waals surface area contributed by atoms with Crippen LogP contribution in [0.15, 0.2) is 0 Å². The van der Waals surface area contributed by atoms with Crippen molar-refractivity contribution in [3.05, 3.63) is 0 Å². The zero-order chi connectivity index (χ0) is 19.3. The molecular formula is C15H25NO8S. The van der Waals surface area contributed by atoms with Crippen molar-refractivity contribution in [2.45, 2.75) is 70.8 Å². The highest BCUT2D eigenvalue weighted by Crippen LogP contribution is 2.42. The Morgan fingerprint density at radius 1 is 1.08 bits per heavy atom.